The van der Waals surface area contributed by atoms with Crippen LogP contribution in [0.1, 0.15) is 29.0 Å². The average molecular weight is 416 g/mol. The number of alkyl halides is 3. The summed E-state index contributed by atoms with van der Waals surface area (Å²) in [5.74, 6) is -0.553. The second-order valence-electron chi connectivity index (χ2n) is 7.59. The van der Waals surface area contributed by atoms with Gasteiger partial charge in [-0.25, -0.2) is 0 Å². The molecule has 1 aromatic heterocycles. The molecule has 1 atom stereocenters. The molecule has 0 N–H and O–H groups in total. The first-order valence-corrected chi connectivity index (χ1v) is 9.91. The minimum Gasteiger partial charge on any atom is -0.378 e. The number of hydrogen-bond donors (Lipinski definition) is 0. The van der Waals surface area contributed by atoms with Crippen molar-refractivity contribution in [2.24, 2.45) is 7.05 Å². The zero-order valence-electron chi connectivity index (χ0n) is 16.7. The lowest BCUT2D eigenvalue weighted by molar-refractivity contribution is -0.137. The zero-order chi connectivity index (χ0) is 21.3. The molecule has 0 aliphatic carbocycles. The number of nitrogens with zero attached hydrogens (tertiary/aromatic N) is 2. The highest BCUT2D eigenvalue weighted by atomic mass is 19.4. The van der Waals surface area contributed by atoms with Crippen LogP contribution in [-0.4, -0.2) is 41.7 Å². The molecule has 1 unspecified atom stereocenters. The van der Waals surface area contributed by atoms with Gasteiger partial charge in [0.05, 0.1) is 18.8 Å². The zero-order valence-corrected chi connectivity index (χ0v) is 16.7. The van der Waals surface area contributed by atoms with Gasteiger partial charge < -0.3 is 14.2 Å². The van der Waals surface area contributed by atoms with Crippen LogP contribution in [-0.2, 0) is 22.8 Å². The fraction of sp³-hybridized carbons (Fsp3) is 0.348. The maximum atomic E-state index is 13.4. The van der Waals surface area contributed by atoms with Crippen LogP contribution in [0.15, 0.2) is 54.7 Å². The Balaban J connectivity index is 1.78. The fourth-order valence-corrected chi connectivity index (χ4v) is 4.11. The molecule has 0 saturated carbocycles. The summed E-state index contributed by atoms with van der Waals surface area (Å²) in [5, 5.41) is 0.942. The molecule has 2 aromatic carbocycles. The molecule has 7 heteroatoms. The van der Waals surface area contributed by atoms with E-state index in [0.29, 0.717) is 31.9 Å². The van der Waals surface area contributed by atoms with Crippen molar-refractivity contribution in [3.63, 3.8) is 0 Å². The summed E-state index contributed by atoms with van der Waals surface area (Å²) in [6.07, 6.45) is -2.41. The van der Waals surface area contributed by atoms with Crippen LogP contribution >= 0.6 is 0 Å². The van der Waals surface area contributed by atoms with E-state index in [9.17, 15) is 18.0 Å². The first-order valence-electron chi connectivity index (χ1n) is 9.91. The number of carbonyl (C=O) groups is 1. The third-order valence-corrected chi connectivity index (χ3v) is 5.66. The number of hydrogen-bond acceptors (Lipinski definition) is 2. The number of para-hydroxylation sites is 1. The van der Waals surface area contributed by atoms with E-state index in [1.54, 1.807) is 11.0 Å². The average Bonchev–Trinajstić information content (AvgIpc) is 3.08. The highest BCUT2D eigenvalue weighted by Crippen LogP contribution is 2.37. The molecule has 2 heterocycles. The SMILES string of the molecule is Cn1cc(C(CC(=O)N2CCOCC2)c2cccc(C(F)(F)F)c2)c2ccccc21. The quantitative estimate of drug-likeness (QED) is 0.624. The molecular weight excluding hydrogens is 393 g/mol. The van der Waals surface area contributed by atoms with Crippen LogP contribution in [0.2, 0.25) is 0 Å². The Morgan fingerprint density at radius 2 is 1.83 bits per heavy atom. The number of rotatable bonds is 4. The number of fused-ring (bicyclic) bond motifs is 1. The van der Waals surface area contributed by atoms with Gasteiger partial charge >= 0.3 is 6.18 Å². The lowest BCUT2D eigenvalue weighted by Crippen LogP contribution is -2.41. The molecule has 4 nitrogen and oxygen atoms in total. The van der Waals surface area contributed by atoms with E-state index in [1.165, 1.54) is 12.1 Å². The monoisotopic (exact) mass is 416 g/mol. The topological polar surface area (TPSA) is 34.5 Å². The number of morpholine rings is 1. The van der Waals surface area contributed by atoms with E-state index in [0.717, 1.165) is 22.5 Å². The van der Waals surface area contributed by atoms with Crippen LogP contribution in [0.4, 0.5) is 13.2 Å². The smallest absolute Gasteiger partial charge is 0.378 e. The van der Waals surface area contributed by atoms with Gasteiger partial charge in [-0.1, -0.05) is 36.4 Å². The molecule has 1 fully saturated rings. The second-order valence-corrected chi connectivity index (χ2v) is 7.59. The first kappa shape index (κ1) is 20.5. The standard InChI is InChI=1S/C23H23F3N2O2/c1-27-15-20(18-7-2-3-8-21(18)27)19(14-22(29)28-9-11-30-12-10-28)16-5-4-6-17(13-16)23(24,25)26/h2-8,13,15,19H,9-12,14H2,1H3. The maximum absolute atomic E-state index is 13.4. The Morgan fingerprint density at radius 1 is 1.10 bits per heavy atom. The molecule has 158 valence electrons. The number of benzene rings is 2. The van der Waals surface area contributed by atoms with Crippen molar-refractivity contribution >= 4 is 16.8 Å². The third-order valence-electron chi connectivity index (χ3n) is 5.66. The van der Waals surface area contributed by atoms with E-state index in [-0.39, 0.29) is 12.3 Å². The Kier molecular flexibility index (Phi) is 5.56. The van der Waals surface area contributed by atoms with Crippen molar-refractivity contribution in [1.82, 2.24) is 9.47 Å². The molecular formula is C23H23F3N2O2. The minimum absolute atomic E-state index is 0.0753. The Bertz CT molecular complexity index is 1050. The summed E-state index contributed by atoms with van der Waals surface area (Å²) in [7, 11) is 1.90. The molecule has 1 amide bonds. The molecule has 3 aromatic rings. The summed E-state index contributed by atoms with van der Waals surface area (Å²) in [5.41, 5.74) is 1.61. The molecule has 0 bridgehead atoms. The molecule has 1 saturated heterocycles. The Morgan fingerprint density at radius 3 is 2.57 bits per heavy atom. The van der Waals surface area contributed by atoms with Gasteiger partial charge in [-0.3, -0.25) is 4.79 Å². The summed E-state index contributed by atoms with van der Waals surface area (Å²) >= 11 is 0. The lowest BCUT2D eigenvalue weighted by Gasteiger charge is -2.29. The van der Waals surface area contributed by atoms with Gasteiger partial charge in [0, 0.05) is 49.6 Å². The largest absolute Gasteiger partial charge is 0.416 e. The lowest BCUT2D eigenvalue weighted by atomic mass is 9.87. The van der Waals surface area contributed by atoms with Gasteiger partial charge in [-0.05, 0) is 23.3 Å². The highest BCUT2D eigenvalue weighted by molar-refractivity contribution is 5.86. The number of aryl methyl sites for hydroxylation is 1. The van der Waals surface area contributed by atoms with Crippen molar-refractivity contribution in [2.45, 2.75) is 18.5 Å². The van der Waals surface area contributed by atoms with Crippen molar-refractivity contribution in [3.05, 3.63) is 71.4 Å². The first-order chi connectivity index (χ1) is 14.3. The normalized spacial score (nSPS) is 16.1. The van der Waals surface area contributed by atoms with E-state index in [4.69, 9.17) is 4.74 Å². The van der Waals surface area contributed by atoms with Gasteiger partial charge in [0.25, 0.3) is 0 Å². The molecule has 0 radical (unpaired) electrons. The number of carbonyl (C=O) groups excluding carboxylic acids is 1. The van der Waals surface area contributed by atoms with Crippen molar-refractivity contribution in [3.8, 4) is 0 Å². The minimum atomic E-state index is -4.44. The van der Waals surface area contributed by atoms with Crippen LogP contribution in [0.5, 0.6) is 0 Å². The molecule has 1 aliphatic heterocycles. The fourth-order valence-electron chi connectivity index (χ4n) is 4.11. The van der Waals surface area contributed by atoms with E-state index >= 15 is 0 Å². The number of halogens is 3. The van der Waals surface area contributed by atoms with Crippen LogP contribution in [0, 0.1) is 0 Å². The van der Waals surface area contributed by atoms with E-state index in [1.807, 2.05) is 42.1 Å². The number of ether oxygens (including phenoxy) is 1. The Hall–Kier alpha value is -2.80. The van der Waals surface area contributed by atoms with Gasteiger partial charge in [0.15, 0.2) is 0 Å². The molecule has 0 spiro atoms. The predicted octanol–water partition coefficient (Wildman–Crippen LogP) is 4.58. The van der Waals surface area contributed by atoms with Gasteiger partial charge in [-0.15, -0.1) is 0 Å². The molecule has 1 aliphatic rings. The Labute approximate surface area is 172 Å². The third kappa shape index (κ3) is 4.07. The highest BCUT2D eigenvalue weighted by Gasteiger charge is 2.32. The molecule has 4 rings (SSSR count). The van der Waals surface area contributed by atoms with Crippen molar-refractivity contribution in [2.75, 3.05) is 26.3 Å². The van der Waals surface area contributed by atoms with E-state index < -0.39 is 17.7 Å². The van der Waals surface area contributed by atoms with Crippen LogP contribution in [0.3, 0.4) is 0 Å². The number of aromatic nitrogens is 1. The van der Waals surface area contributed by atoms with Crippen molar-refractivity contribution < 1.29 is 22.7 Å². The predicted molar refractivity (Wildman–Crippen MR) is 108 cm³/mol. The maximum Gasteiger partial charge on any atom is 0.416 e. The van der Waals surface area contributed by atoms with Crippen LogP contribution < -0.4 is 0 Å². The van der Waals surface area contributed by atoms with E-state index in [2.05, 4.69) is 0 Å². The second kappa shape index (κ2) is 8.14. The summed E-state index contributed by atoms with van der Waals surface area (Å²) < 4.78 is 47.3. The molecule has 30 heavy (non-hydrogen) atoms. The number of amides is 1. The summed E-state index contributed by atoms with van der Waals surface area (Å²) in [6.45, 7) is 1.97. The summed E-state index contributed by atoms with van der Waals surface area (Å²) in [6, 6.07) is 13.1. The summed E-state index contributed by atoms with van der Waals surface area (Å²) in [4.78, 5) is 14.8. The van der Waals surface area contributed by atoms with Crippen molar-refractivity contribution in [1.29, 1.82) is 0 Å². The van der Waals surface area contributed by atoms with Crippen LogP contribution in [0.25, 0.3) is 10.9 Å². The van der Waals surface area contributed by atoms with Gasteiger partial charge in [0.2, 0.25) is 5.91 Å². The van der Waals surface area contributed by atoms with Gasteiger partial charge in [0.1, 0.15) is 0 Å². The van der Waals surface area contributed by atoms with Gasteiger partial charge in [-0.2, -0.15) is 13.2 Å².